The Morgan fingerprint density at radius 2 is 1.76 bits per heavy atom. The molecule has 2 heterocycles. The van der Waals surface area contributed by atoms with E-state index < -0.39 is 71.7 Å². The van der Waals surface area contributed by atoms with Gasteiger partial charge in [0, 0.05) is 34.3 Å². The lowest BCUT2D eigenvalue weighted by Gasteiger charge is -2.36. The first-order valence-electron chi connectivity index (χ1n) is 17.7. The van der Waals surface area contributed by atoms with Crippen LogP contribution >= 0.6 is 0 Å². The maximum absolute atomic E-state index is 14.5. The van der Waals surface area contributed by atoms with Crippen LogP contribution in [0.15, 0.2) is 12.7 Å². The summed E-state index contributed by atoms with van der Waals surface area (Å²) in [5.74, 6) is -1.93. The van der Waals surface area contributed by atoms with Crippen molar-refractivity contribution in [3.63, 3.8) is 0 Å². The van der Waals surface area contributed by atoms with Gasteiger partial charge < -0.3 is 30.7 Å². The van der Waals surface area contributed by atoms with E-state index in [4.69, 9.17) is 4.74 Å². The molecule has 0 aromatic carbocycles. The number of amides is 4. The van der Waals surface area contributed by atoms with Gasteiger partial charge in [0.25, 0.3) is 5.91 Å². The molecule has 0 spiro atoms. The standard InChI is InChI=1S/C34H61N5O8SSi/c1-10-17-35-30(42)28(40)24-16-14-12-11-13-15-18-38(48(45,46)19-20-49(7,8)9)22-25(37-32(44)47-33(2,3)4)31(43)39-21-23-26(34(23,5)6)27(39)29(41)36-24/h10,23-28,40H,1,11-22H2,2-9H3,(H,35,42)(H,36,41)(H,37,44)/t23-,24-,25-,26-,27-,28?/m0/s1. The number of carbonyl (C=O) groups is 4. The molecule has 3 rings (SSSR count). The highest BCUT2D eigenvalue weighted by molar-refractivity contribution is 7.89. The molecular formula is C34H61N5O8SSi. The molecule has 6 atom stereocenters. The van der Waals surface area contributed by atoms with Crippen molar-refractivity contribution in [2.45, 2.75) is 129 Å². The Kier molecular flexibility index (Phi) is 13.6. The number of nitrogens with one attached hydrogen (secondary N) is 3. The maximum Gasteiger partial charge on any atom is 0.408 e. The molecule has 0 aromatic rings. The van der Waals surface area contributed by atoms with Crippen molar-refractivity contribution in [3.05, 3.63) is 12.7 Å². The Hall–Kier alpha value is -2.49. The van der Waals surface area contributed by atoms with Gasteiger partial charge in [-0.2, -0.15) is 4.31 Å². The molecule has 1 saturated carbocycles. The number of nitrogens with zero attached hydrogens (tertiary/aromatic N) is 2. The van der Waals surface area contributed by atoms with Gasteiger partial charge >= 0.3 is 6.09 Å². The lowest BCUT2D eigenvalue weighted by molar-refractivity contribution is -0.143. The molecule has 2 aliphatic heterocycles. The van der Waals surface area contributed by atoms with Crippen LogP contribution in [-0.2, 0) is 29.1 Å². The van der Waals surface area contributed by atoms with Gasteiger partial charge in [0.05, 0.1) is 11.8 Å². The molecule has 3 aliphatic rings. The molecule has 3 fully saturated rings. The monoisotopic (exact) mass is 727 g/mol. The number of aliphatic hydroxyl groups is 1. The number of rotatable bonds is 9. The zero-order valence-corrected chi connectivity index (χ0v) is 32.7. The Bertz CT molecular complexity index is 1330. The van der Waals surface area contributed by atoms with Crippen LogP contribution in [0.5, 0.6) is 0 Å². The number of fused-ring (bicyclic) bond motifs is 3. The van der Waals surface area contributed by atoms with Gasteiger partial charge in [-0.3, -0.25) is 14.4 Å². The lowest BCUT2D eigenvalue weighted by atomic mass is 9.97. The fraction of sp³-hybridized carbons (Fsp3) is 0.824. The lowest BCUT2D eigenvalue weighted by Crippen LogP contribution is -2.61. The molecule has 1 aliphatic carbocycles. The summed E-state index contributed by atoms with van der Waals surface area (Å²) in [6.45, 7) is 19.4. The Labute approximate surface area is 294 Å². The fourth-order valence-electron chi connectivity index (χ4n) is 6.98. The van der Waals surface area contributed by atoms with E-state index in [2.05, 4.69) is 42.2 Å². The third-order valence-corrected chi connectivity index (χ3v) is 13.9. The molecule has 0 radical (unpaired) electrons. The van der Waals surface area contributed by atoms with Gasteiger partial charge in [-0.25, -0.2) is 13.2 Å². The van der Waals surface area contributed by atoms with E-state index >= 15 is 0 Å². The van der Waals surface area contributed by atoms with Crippen LogP contribution in [0.4, 0.5) is 4.79 Å². The minimum atomic E-state index is -3.79. The molecule has 2 saturated heterocycles. The number of hydrogen-bond acceptors (Lipinski definition) is 8. The normalized spacial score (nSPS) is 28.0. The van der Waals surface area contributed by atoms with Gasteiger partial charge in [0.1, 0.15) is 17.7 Å². The molecule has 0 bridgehead atoms. The minimum absolute atomic E-state index is 0.00676. The van der Waals surface area contributed by atoms with E-state index in [9.17, 15) is 32.7 Å². The molecule has 0 aromatic heterocycles. The van der Waals surface area contributed by atoms with Crippen molar-refractivity contribution >= 4 is 41.9 Å². The zero-order chi connectivity index (χ0) is 36.9. The van der Waals surface area contributed by atoms with Gasteiger partial charge in [-0.15, -0.1) is 6.58 Å². The molecule has 13 nitrogen and oxygen atoms in total. The van der Waals surface area contributed by atoms with Crippen molar-refractivity contribution in [3.8, 4) is 0 Å². The summed E-state index contributed by atoms with van der Waals surface area (Å²) >= 11 is 0. The van der Waals surface area contributed by atoms with Crippen LogP contribution in [0.25, 0.3) is 0 Å². The van der Waals surface area contributed by atoms with Crippen LogP contribution in [0, 0.1) is 17.3 Å². The maximum atomic E-state index is 14.5. The van der Waals surface area contributed by atoms with Crippen LogP contribution < -0.4 is 16.0 Å². The molecular weight excluding hydrogens is 667 g/mol. The van der Waals surface area contributed by atoms with E-state index in [-0.39, 0.29) is 49.2 Å². The Balaban J connectivity index is 2.01. The van der Waals surface area contributed by atoms with Crippen molar-refractivity contribution in [1.82, 2.24) is 25.2 Å². The number of aliphatic hydroxyl groups excluding tert-OH is 1. The third kappa shape index (κ3) is 11.2. The van der Waals surface area contributed by atoms with Gasteiger partial charge in [0.2, 0.25) is 21.8 Å². The van der Waals surface area contributed by atoms with Crippen LogP contribution in [-0.4, -0.2) is 116 Å². The van der Waals surface area contributed by atoms with E-state index in [0.29, 0.717) is 31.7 Å². The van der Waals surface area contributed by atoms with E-state index in [1.165, 1.54) is 15.3 Å². The summed E-state index contributed by atoms with van der Waals surface area (Å²) < 4.78 is 34.5. The van der Waals surface area contributed by atoms with E-state index in [1.807, 2.05) is 13.8 Å². The van der Waals surface area contributed by atoms with Crippen molar-refractivity contribution in [2.24, 2.45) is 17.3 Å². The quantitative estimate of drug-likeness (QED) is 0.207. The second-order valence-electron chi connectivity index (χ2n) is 16.7. The van der Waals surface area contributed by atoms with Gasteiger partial charge in [0.15, 0.2) is 6.10 Å². The molecule has 280 valence electrons. The summed E-state index contributed by atoms with van der Waals surface area (Å²) in [5.41, 5.74) is -1.11. The van der Waals surface area contributed by atoms with Crippen molar-refractivity contribution in [2.75, 3.05) is 31.9 Å². The number of ether oxygens (including phenoxy) is 1. The molecule has 49 heavy (non-hydrogen) atoms. The number of sulfonamides is 1. The summed E-state index contributed by atoms with van der Waals surface area (Å²) in [4.78, 5) is 56.0. The van der Waals surface area contributed by atoms with E-state index in [1.54, 1.807) is 20.8 Å². The van der Waals surface area contributed by atoms with Crippen molar-refractivity contribution in [1.29, 1.82) is 0 Å². The Morgan fingerprint density at radius 3 is 2.37 bits per heavy atom. The van der Waals surface area contributed by atoms with E-state index in [0.717, 1.165) is 12.8 Å². The molecule has 4 amide bonds. The summed E-state index contributed by atoms with van der Waals surface area (Å²) in [6, 6.07) is -2.58. The fourth-order valence-corrected chi connectivity index (χ4v) is 11.5. The smallest absolute Gasteiger partial charge is 0.408 e. The van der Waals surface area contributed by atoms with Crippen LogP contribution in [0.3, 0.4) is 0 Å². The average molecular weight is 728 g/mol. The zero-order valence-electron chi connectivity index (χ0n) is 30.8. The molecule has 1 unspecified atom stereocenters. The first kappa shape index (κ1) is 40.9. The highest BCUT2D eigenvalue weighted by Crippen LogP contribution is 2.65. The number of piperidine rings is 1. The Morgan fingerprint density at radius 1 is 1.12 bits per heavy atom. The summed E-state index contributed by atoms with van der Waals surface area (Å²) in [5, 5.41) is 19.2. The van der Waals surface area contributed by atoms with Gasteiger partial charge in [-0.05, 0) is 56.9 Å². The second-order valence-corrected chi connectivity index (χ2v) is 24.4. The summed E-state index contributed by atoms with van der Waals surface area (Å²) in [6.07, 6.45) is 2.89. The average Bonchev–Trinajstić information content (AvgIpc) is 3.29. The molecule has 4 N–H and O–H groups in total. The minimum Gasteiger partial charge on any atom is -0.444 e. The highest BCUT2D eigenvalue weighted by atomic mass is 32.2. The number of hydrogen-bond donors (Lipinski definition) is 4. The first-order valence-corrected chi connectivity index (χ1v) is 23.1. The first-order chi connectivity index (χ1) is 22.6. The van der Waals surface area contributed by atoms with Gasteiger partial charge in [-0.1, -0.05) is 65.2 Å². The predicted octanol–water partition coefficient (Wildman–Crippen LogP) is 2.83. The second kappa shape index (κ2) is 16.2. The van der Waals surface area contributed by atoms with Crippen molar-refractivity contribution < 1.29 is 37.4 Å². The highest BCUT2D eigenvalue weighted by Gasteiger charge is 2.69. The molecule has 15 heteroatoms. The van der Waals surface area contributed by atoms with Crippen LogP contribution in [0.2, 0.25) is 25.7 Å². The van der Waals surface area contributed by atoms with Crippen LogP contribution in [0.1, 0.15) is 73.1 Å². The number of alkyl carbamates (subject to hydrolysis) is 1. The largest absolute Gasteiger partial charge is 0.444 e. The predicted molar refractivity (Wildman–Crippen MR) is 192 cm³/mol. The summed E-state index contributed by atoms with van der Waals surface area (Å²) in [7, 11) is -5.52. The SMILES string of the molecule is C=CCNC(=O)C(O)[C@@H]1CCCCCCCN(S(=O)(=O)CC[Si](C)(C)C)C[C@H](NC(=O)OC(C)(C)C)C(=O)N2C[C@H]3[C@@H]([C@H]2C(=O)N1)C3(C)C. The number of carbonyl (C=O) groups excluding carboxylic acids is 4. The topological polar surface area (TPSA) is 174 Å². The third-order valence-electron chi connectivity index (χ3n) is 9.96.